The lowest BCUT2D eigenvalue weighted by atomic mass is 9.99. The highest BCUT2D eigenvalue weighted by Crippen LogP contribution is 2.32. The van der Waals surface area contributed by atoms with Gasteiger partial charge in [0.15, 0.2) is 6.61 Å². The Balaban J connectivity index is 1.58. The maximum absolute atomic E-state index is 13.8. The predicted molar refractivity (Wildman–Crippen MR) is 101 cm³/mol. The lowest BCUT2D eigenvalue weighted by molar-refractivity contribution is -0.136. The highest BCUT2D eigenvalue weighted by atomic mass is 35.5. The van der Waals surface area contributed by atoms with Gasteiger partial charge in [-0.2, -0.15) is 0 Å². The van der Waals surface area contributed by atoms with Crippen LogP contribution in [0.1, 0.15) is 17.3 Å². The summed E-state index contributed by atoms with van der Waals surface area (Å²) < 4.78 is 21.5. The summed E-state index contributed by atoms with van der Waals surface area (Å²) in [6.45, 7) is 1.14. The van der Waals surface area contributed by atoms with E-state index in [-0.39, 0.29) is 24.4 Å². The first-order chi connectivity index (χ1) is 13.1. The fraction of sp³-hybridized carbons (Fsp3) is 0.190. The Kier molecular flexibility index (Phi) is 4.86. The minimum atomic E-state index is -0.342. The van der Waals surface area contributed by atoms with Crippen LogP contribution >= 0.6 is 11.6 Å². The maximum Gasteiger partial charge on any atom is 0.261 e. The van der Waals surface area contributed by atoms with Crippen molar-refractivity contribution < 1.29 is 13.9 Å². The number of hydrogen-bond donors (Lipinski definition) is 0. The summed E-state index contributed by atoms with van der Waals surface area (Å²) in [6, 6.07) is 16.8. The highest BCUT2D eigenvalue weighted by molar-refractivity contribution is 6.30. The van der Waals surface area contributed by atoms with Crippen molar-refractivity contribution in [1.82, 2.24) is 9.47 Å². The summed E-state index contributed by atoms with van der Waals surface area (Å²) in [7, 11) is 0. The maximum atomic E-state index is 13.8. The lowest BCUT2D eigenvalue weighted by Crippen LogP contribution is -2.44. The molecule has 4 nitrogen and oxygen atoms in total. The summed E-state index contributed by atoms with van der Waals surface area (Å²) >= 11 is 5.87. The van der Waals surface area contributed by atoms with Gasteiger partial charge in [-0.15, -0.1) is 0 Å². The molecule has 0 aliphatic carbocycles. The second-order valence-corrected chi connectivity index (χ2v) is 6.85. The predicted octanol–water partition coefficient (Wildman–Crippen LogP) is 4.29. The fourth-order valence-corrected chi connectivity index (χ4v) is 3.56. The van der Waals surface area contributed by atoms with Gasteiger partial charge >= 0.3 is 0 Å². The number of carbonyl (C=O) groups excluding carboxylic acids is 1. The first-order valence-electron chi connectivity index (χ1n) is 8.70. The summed E-state index contributed by atoms with van der Waals surface area (Å²) in [5.41, 5.74) is 1.71. The molecule has 0 N–H and O–H groups in total. The molecule has 1 aliphatic rings. The largest absolute Gasteiger partial charge is 0.484 e. The van der Waals surface area contributed by atoms with Crippen LogP contribution in [-0.2, 0) is 11.3 Å². The molecule has 3 aromatic rings. The molecule has 1 aromatic heterocycles. The Morgan fingerprint density at radius 1 is 1.11 bits per heavy atom. The quantitative estimate of drug-likeness (QED) is 0.672. The van der Waals surface area contributed by atoms with E-state index in [4.69, 9.17) is 16.3 Å². The molecule has 6 heteroatoms. The van der Waals surface area contributed by atoms with Crippen LogP contribution < -0.4 is 4.74 Å². The number of ether oxygens (including phenoxy) is 1. The molecule has 1 amide bonds. The number of carbonyl (C=O) groups is 1. The number of nitrogens with zero attached hydrogens (tertiary/aromatic N) is 2. The van der Waals surface area contributed by atoms with E-state index >= 15 is 0 Å². The molecule has 27 heavy (non-hydrogen) atoms. The van der Waals surface area contributed by atoms with Crippen LogP contribution in [0, 0.1) is 5.82 Å². The summed E-state index contributed by atoms with van der Waals surface area (Å²) in [5.74, 6) is 0.114. The molecule has 2 aromatic carbocycles. The number of amides is 1. The second-order valence-electron chi connectivity index (χ2n) is 6.41. The Bertz CT molecular complexity index is 955. The van der Waals surface area contributed by atoms with Gasteiger partial charge in [0.25, 0.3) is 5.91 Å². The SMILES string of the molecule is O=C(COc1ccc(Cl)cc1)N1CCn2cccc2C1c1cccc(F)c1. The van der Waals surface area contributed by atoms with E-state index in [0.717, 1.165) is 11.3 Å². The summed E-state index contributed by atoms with van der Waals surface area (Å²) in [6.07, 6.45) is 1.98. The van der Waals surface area contributed by atoms with Crippen molar-refractivity contribution in [3.8, 4) is 5.75 Å². The van der Waals surface area contributed by atoms with Gasteiger partial charge in [0.1, 0.15) is 11.6 Å². The molecular formula is C21H18ClFN2O2. The van der Waals surface area contributed by atoms with Crippen molar-refractivity contribution in [3.63, 3.8) is 0 Å². The van der Waals surface area contributed by atoms with Gasteiger partial charge in [-0.1, -0.05) is 23.7 Å². The first-order valence-corrected chi connectivity index (χ1v) is 9.08. The molecule has 2 heterocycles. The summed E-state index contributed by atoms with van der Waals surface area (Å²) in [4.78, 5) is 14.7. The molecule has 1 unspecified atom stereocenters. The zero-order valence-electron chi connectivity index (χ0n) is 14.5. The molecule has 1 aliphatic heterocycles. The molecule has 0 bridgehead atoms. The van der Waals surface area contributed by atoms with Crippen molar-refractivity contribution in [1.29, 1.82) is 0 Å². The zero-order chi connectivity index (χ0) is 18.8. The van der Waals surface area contributed by atoms with Crippen LogP contribution in [0.5, 0.6) is 5.75 Å². The minimum absolute atomic E-state index is 0.0891. The number of fused-ring (bicyclic) bond motifs is 1. The van der Waals surface area contributed by atoms with Crippen LogP contribution in [-0.4, -0.2) is 28.5 Å². The molecule has 4 rings (SSSR count). The van der Waals surface area contributed by atoms with Crippen molar-refractivity contribution in [3.05, 3.63) is 89.0 Å². The Morgan fingerprint density at radius 2 is 1.93 bits per heavy atom. The van der Waals surface area contributed by atoms with E-state index in [9.17, 15) is 9.18 Å². The van der Waals surface area contributed by atoms with E-state index in [0.29, 0.717) is 23.9 Å². The summed E-state index contributed by atoms with van der Waals surface area (Å²) in [5, 5.41) is 0.608. The molecule has 1 atom stereocenters. The van der Waals surface area contributed by atoms with Gasteiger partial charge < -0.3 is 14.2 Å². The molecule has 0 radical (unpaired) electrons. The van der Waals surface area contributed by atoms with E-state index in [1.807, 2.05) is 24.4 Å². The minimum Gasteiger partial charge on any atom is -0.484 e. The first kappa shape index (κ1) is 17.6. The van der Waals surface area contributed by atoms with Gasteiger partial charge in [-0.25, -0.2) is 4.39 Å². The fourth-order valence-electron chi connectivity index (χ4n) is 3.44. The molecule has 138 valence electrons. The van der Waals surface area contributed by atoms with Crippen LogP contribution in [0.2, 0.25) is 5.02 Å². The van der Waals surface area contributed by atoms with E-state index in [2.05, 4.69) is 4.57 Å². The number of rotatable bonds is 4. The molecule has 0 saturated carbocycles. The monoisotopic (exact) mass is 384 g/mol. The van der Waals surface area contributed by atoms with Gasteiger partial charge in [0.05, 0.1) is 6.04 Å². The highest BCUT2D eigenvalue weighted by Gasteiger charge is 2.32. The van der Waals surface area contributed by atoms with Crippen molar-refractivity contribution in [2.75, 3.05) is 13.2 Å². The molecule has 0 fully saturated rings. The number of aromatic nitrogens is 1. The molecular weight excluding hydrogens is 367 g/mol. The van der Waals surface area contributed by atoms with Crippen LogP contribution in [0.15, 0.2) is 66.9 Å². The average molecular weight is 385 g/mol. The van der Waals surface area contributed by atoms with Crippen molar-refractivity contribution in [2.24, 2.45) is 0 Å². The normalized spacial score (nSPS) is 16.1. The van der Waals surface area contributed by atoms with Gasteiger partial charge in [-0.3, -0.25) is 4.79 Å². The topological polar surface area (TPSA) is 34.5 Å². The van der Waals surface area contributed by atoms with Crippen LogP contribution in [0.4, 0.5) is 4.39 Å². The Morgan fingerprint density at radius 3 is 2.70 bits per heavy atom. The van der Waals surface area contributed by atoms with E-state index in [1.165, 1.54) is 12.1 Å². The van der Waals surface area contributed by atoms with Gasteiger partial charge in [0, 0.05) is 30.0 Å². The number of benzene rings is 2. The standard InChI is InChI=1S/C21H18ClFN2O2/c22-16-6-8-18(9-7-16)27-14-20(26)25-12-11-24-10-2-5-19(24)21(25)15-3-1-4-17(23)13-15/h1-10,13,21H,11-12,14H2. The van der Waals surface area contributed by atoms with Crippen LogP contribution in [0.3, 0.4) is 0 Å². The average Bonchev–Trinajstić information content (AvgIpc) is 3.15. The third-order valence-corrected chi connectivity index (χ3v) is 4.95. The third-order valence-electron chi connectivity index (χ3n) is 4.70. The van der Waals surface area contributed by atoms with E-state index in [1.54, 1.807) is 35.2 Å². The Hall–Kier alpha value is -2.79. The lowest BCUT2D eigenvalue weighted by Gasteiger charge is -2.37. The van der Waals surface area contributed by atoms with Crippen LogP contribution in [0.25, 0.3) is 0 Å². The van der Waals surface area contributed by atoms with Crippen molar-refractivity contribution >= 4 is 17.5 Å². The smallest absolute Gasteiger partial charge is 0.261 e. The molecule has 0 spiro atoms. The Labute approximate surface area is 161 Å². The molecule has 0 saturated heterocycles. The van der Waals surface area contributed by atoms with Crippen molar-refractivity contribution in [2.45, 2.75) is 12.6 Å². The van der Waals surface area contributed by atoms with E-state index < -0.39 is 0 Å². The second kappa shape index (κ2) is 7.45. The zero-order valence-corrected chi connectivity index (χ0v) is 15.3. The number of halogens is 2. The van der Waals surface area contributed by atoms with Gasteiger partial charge in [-0.05, 0) is 54.1 Å². The third kappa shape index (κ3) is 3.69. The van der Waals surface area contributed by atoms with Gasteiger partial charge in [0.2, 0.25) is 0 Å². The number of hydrogen-bond acceptors (Lipinski definition) is 2.